The molecule has 4 amide bonds. The minimum Gasteiger partial charge on any atom is -0.308 e. The number of fused-ring (bicyclic) bond motifs is 1. The molecule has 0 bridgehead atoms. The van der Waals surface area contributed by atoms with Gasteiger partial charge in [0.15, 0.2) is 0 Å². The molecule has 0 saturated heterocycles. The van der Waals surface area contributed by atoms with E-state index in [2.05, 4.69) is 10.6 Å². The third kappa shape index (κ3) is 3.10. The first kappa shape index (κ1) is 16.7. The second-order valence-corrected chi connectivity index (χ2v) is 6.23. The highest BCUT2D eigenvalue weighted by Crippen LogP contribution is 2.27. The minimum absolute atomic E-state index is 0.215. The van der Waals surface area contributed by atoms with E-state index in [1.165, 1.54) is 11.0 Å². The molecule has 0 aromatic heterocycles. The molecule has 0 fully saturated rings. The molecule has 0 saturated carbocycles. The Labute approximate surface area is 145 Å². The molecule has 3 rings (SSSR count). The molecule has 1 heterocycles. The summed E-state index contributed by atoms with van der Waals surface area (Å²) in [4.78, 5) is 38.1. The van der Waals surface area contributed by atoms with Crippen molar-refractivity contribution in [1.29, 1.82) is 0 Å². The van der Waals surface area contributed by atoms with E-state index < -0.39 is 6.03 Å². The minimum atomic E-state index is -0.410. The average molecular weight is 337 g/mol. The predicted octanol–water partition coefficient (Wildman–Crippen LogP) is 3.64. The van der Waals surface area contributed by atoms with E-state index in [9.17, 15) is 14.4 Å². The van der Waals surface area contributed by atoms with Gasteiger partial charge in [-0.2, -0.15) is 0 Å². The number of amides is 4. The summed E-state index contributed by atoms with van der Waals surface area (Å²) < 4.78 is 0. The van der Waals surface area contributed by atoms with Crippen molar-refractivity contribution in [2.75, 3.05) is 10.6 Å². The van der Waals surface area contributed by atoms with Gasteiger partial charge in [0.2, 0.25) is 0 Å². The zero-order valence-electron chi connectivity index (χ0n) is 14.3. The number of aryl methyl sites for hydroxylation is 1. The quantitative estimate of drug-likeness (QED) is 0.839. The van der Waals surface area contributed by atoms with Gasteiger partial charge in [0.1, 0.15) is 0 Å². The molecule has 1 aliphatic rings. The molecule has 6 heteroatoms. The summed E-state index contributed by atoms with van der Waals surface area (Å²) in [6, 6.07) is 11.5. The third-order valence-electron chi connectivity index (χ3n) is 4.09. The lowest BCUT2D eigenvalue weighted by Gasteiger charge is -2.17. The zero-order valence-corrected chi connectivity index (χ0v) is 14.3. The number of urea groups is 1. The topological polar surface area (TPSA) is 78.5 Å². The molecule has 6 nitrogen and oxygen atoms in total. The van der Waals surface area contributed by atoms with Crippen molar-refractivity contribution in [1.82, 2.24) is 4.90 Å². The maximum atomic E-state index is 12.4. The van der Waals surface area contributed by atoms with Crippen molar-refractivity contribution in [3.05, 3.63) is 59.2 Å². The van der Waals surface area contributed by atoms with Gasteiger partial charge in [-0.25, -0.2) is 4.79 Å². The van der Waals surface area contributed by atoms with Gasteiger partial charge in [-0.1, -0.05) is 18.2 Å². The lowest BCUT2D eigenvalue weighted by atomic mass is 10.1. The van der Waals surface area contributed by atoms with Crippen LogP contribution in [0.5, 0.6) is 0 Å². The number of nitrogens with one attached hydrogen (secondary N) is 2. The van der Waals surface area contributed by atoms with Crippen LogP contribution in [0, 0.1) is 6.92 Å². The van der Waals surface area contributed by atoms with Gasteiger partial charge in [-0.15, -0.1) is 0 Å². The predicted molar refractivity (Wildman–Crippen MR) is 95.9 cm³/mol. The van der Waals surface area contributed by atoms with Gasteiger partial charge in [0, 0.05) is 17.4 Å². The molecule has 0 atom stereocenters. The van der Waals surface area contributed by atoms with E-state index in [0.717, 1.165) is 5.56 Å². The molecule has 128 valence electrons. The van der Waals surface area contributed by atoms with Crippen molar-refractivity contribution in [2.45, 2.75) is 26.8 Å². The van der Waals surface area contributed by atoms with E-state index >= 15 is 0 Å². The Hall–Kier alpha value is -3.15. The summed E-state index contributed by atoms with van der Waals surface area (Å²) in [7, 11) is 0. The molecule has 0 aliphatic carbocycles. The second-order valence-electron chi connectivity index (χ2n) is 6.23. The molecule has 2 N–H and O–H groups in total. The number of rotatable bonds is 3. The number of benzene rings is 2. The Morgan fingerprint density at radius 3 is 2.32 bits per heavy atom. The smallest absolute Gasteiger partial charge is 0.308 e. The van der Waals surface area contributed by atoms with Crippen LogP contribution in [0.2, 0.25) is 0 Å². The Kier molecular flexibility index (Phi) is 4.27. The Balaban J connectivity index is 1.78. The molecular weight excluding hydrogens is 318 g/mol. The van der Waals surface area contributed by atoms with Crippen LogP contribution >= 0.6 is 0 Å². The summed E-state index contributed by atoms with van der Waals surface area (Å²) in [5, 5.41) is 5.46. The van der Waals surface area contributed by atoms with E-state index in [-0.39, 0.29) is 17.9 Å². The lowest BCUT2D eigenvalue weighted by molar-refractivity contribution is 0.0609. The number of carbonyl (C=O) groups excluding carboxylic acids is 3. The largest absolute Gasteiger partial charge is 0.323 e. The monoisotopic (exact) mass is 337 g/mol. The first-order valence-electron chi connectivity index (χ1n) is 8.04. The van der Waals surface area contributed by atoms with Crippen LogP contribution in [0.4, 0.5) is 16.2 Å². The Morgan fingerprint density at radius 2 is 1.64 bits per heavy atom. The highest BCUT2D eigenvalue weighted by Gasteiger charge is 2.37. The van der Waals surface area contributed by atoms with Crippen molar-refractivity contribution in [2.24, 2.45) is 0 Å². The van der Waals surface area contributed by atoms with Gasteiger partial charge < -0.3 is 10.6 Å². The lowest BCUT2D eigenvalue weighted by Crippen LogP contribution is -2.35. The second kappa shape index (κ2) is 6.39. The van der Waals surface area contributed by atoms with E-state index in [4.69, 9.17) is 0 Å². The summed E-state index contributed by atoms with van der Waals surface area (Å²) >= 11 is 0. The van der Waals surface area contributed by atoms with Crippen LogP contribution < -0.4 is 10.6 Å². The fraction of sp³-hybridized carbons (Fsp3) is 0.211. The highest BCUT2D eigenvalue weighted by molar-refractivity contribution is 6.22. The van der Waals surface area contributed by atoms with E-state index in [1.807, 2.05) is 25.1 Å². The van der Waals surface area contributed by atoms with Gasteiger partial charge in [-0.05, 0) is 50.6 Å². The van der Waals surface area contributed by atoms with Gasteiger partial charge in [-0.3, -0.25) is 14.5 Å². The number of carbonyl (C=O) groups is 3. The number of imide groups is 1. The normalized spacial score (nSPS) is 13.2. The van der Waals surface area contributed by atoms with Crippen LogP contribution in [0.15, 0.2) is 42.5 Å². The number of hydrogen-bond donors (Lipinski definition) is 2. The average Bonchev–Trinajstić information content (AvgIpc) is 2.80. The molecule has 0 spiro atoms. The molecule has 1 aliphatic heterocycles. The fourth-order valence-corrected chi connectivity index (χ4v) is 2.80. The highest BCUT2D eigenvalue weighted by atomic mass is 16.2. The fourth-order valence-electron chi connectivity index (χ4n) is 2.80. The van der Waals surface area contributed by atoms with Gasteiger partial charge in [0.05, 0.1) is 11.1 Å². The Morgan fingerprint density at radius 1 is 0.960 bits per heavy atom. The van der Waals surface area contributed by atoms with Crippen molar-refractivity contribution in [3.63, 3.8) is 0 Å². The maximum absolute atomic E-state index is 12.4. The van der Waals surface area contributed by atoms with E-state index in [1.54, 1.807) is 32.0 Å². The molecule has 0 radical (unpaired) electrons. The van der Waals surface area contributed by atoms with Crippen LogP contribution in [0.25, 0.3) is 0 Å². The van der Waals surface area contributed by atoms with Crippen molar-refractivity contribution < 1.29 is 14.4 Å². The molecule has 2 aromatic rings. The van der Waals surface area contributed by atoms with Gasteiger partial charge >= 0.3 is 6.03 Å². The maximum Gasteiger partial charge on any atom is 0.323 e. The summed E-state index contributed by atoms with van der Waals surface area (Å²) in [6.45, 7) is 5.47. The summed E-state index contributed by atoms with van der Waals surface area (Å²) in [5.74, 6) is -0.635. The molecular formula is C19H19N3O3. The van der Waals surface area contributed by atoms with Crippen LogP contribution in [0.3, 0.4) is 0 Å². The van der Waals surface area contributed by atoms with Crippen molar-refractivity contribution >= 4 is 29.2 Å². The summed E-state index contributed by atoms with van der Waals surface area (Å²) in [5.41, 5.74) is 2.78. The molecule has 0 unspecified atom stereocenters. The standard InChI is InChI=1S/C19H19N3O3/c1-11(2)22-17(23)14-9-8-13(10-15(14)18(22)24)20-19(25)21-16-7-5-4-6-12(16)3/h4-11H,1-3H3,(H2,20,21,25). The number of anilines is 2. The SMILES string of the molecule is Cc1ccccc1NC(=O)Nc1ccc2c(c1)C(=O)N(C(C)C)C2=O. The van der Waals surface area contributed by atoms with Crippen molar-refractivity contribution in [3.8, 4) is 0 Å². The van der Waals surface area contributed by atoms with Crippen LogP contribution in [0.1, 0.15) is 40.1 Å². The van der Waals surface area contributed by atoms with Gasteiger partial charge in [0.25, 0.3) is 11.8 Å². The molecule has 2 aromatic carbocycles. The summed E-state index contributed by atoms with van der Waals surface area (Å²) in [6.07, 6.45) is 0. The molecule has 25 heavy (non-hydrogen) atoms. The Bertz CT molecular complexity index is 874. The van der Waals surface area contributed by atoms with Crippen LogP contribution in [-0.2, 0) is 0 Å². The third-order valence-corrected chi connectivity index (χ3v) is 4.09. The first-order valence-corrected chi connectivity index (χ1v) is 8.04. The van der Waals surface area contributed by atoms with E-state index in [0.29, 0.717) is 22.5 Å². The van der Waals surface area contributed by atoms with Crippen LogP contribution in [-0.4, -0.2) is 28.8 Å². The number of para-hydroxylation sites is 1. The first-order chi connectivity index (χ1) is 11.9. The number of nitrogens with zero attached hydrogens (tertiary/aromatic N) is 1. The number of hydrogen-bond acceptors (Lipinski definition) is 3. The zero-order chi connectivity index (χ0) is 18.1.